The molecule has 2 aliphatic rings. The Hall–Kier alpha value is -3.51. The van der Waals surface area contributed by atoms with Gasteiger partial charge >= 0.3 is 0 Å². The number of pyridine rings is 1. The molecule has 6 rings (SSSR count). The number of rotatable bonds is 7. The number of carbonyl (C=O) groups excluding carboxylic acids is 2. The molecule has 3 aromatic heterocycles. The molecule has 2 fully saturated rings. The van der Waals surface area contributed by atoms with Crippen LogP contribution in [0.3, 0.4) is 0 Å². The van der Waals surface area contributed by atoms with E-state index in [1.54, 1.807) is 23.6 Å². The van der Waals surface area contributed by atoms with Gasteiger partial charge in [0.1, 0.15) is 0 Å². The molecular formula is C30H28ClN5O2S. The van der Waals surface area contributed by atoms with E-state index in [4.69, 9.17) is 11.6 Å². The molecule has 7 nitrogen and oxygen atoms in total. The van der Waals surface area contributed by atoms with Gasteiger partial charge in [0, 0.05) is 51.8 Å². The predicted molar refractivity (Wildman–Crippen MR) is 154 cm³/mol. The maximum Gasteiger partial charge on any atom is 0.233 e. The Labute approximate surface area is 235 Å². The highest BCUT2D eigenvalue weighted by atomic mass is 35.5. The van der Waals surface area contributed by atoms with Crippen LogP contribution < -0.4 is 5.32 Å². The zero-order chi connectivity index (χ0) is 27.1. The summed E-state index contributed by atoms with van der Waals surface area (Å²) in [5.74, 6) is -0.595. The van der Waals surface area contributed by atoms with Crippen molar-refractivity contribution in [2.24, 2.45) is 11.3 Å². The van der Waals surface area contributed by atoms with Gasteiger partial charge in [-0.1, -0.05) is 17.7 Å². The molecule has 0 aliphatic carbocycles. The number of amides is 2. The summed E-state index contributed by atoms with van der Waals surface area (Å²) in [5, 5.41) is 15.1. The molecule has 0 saturated carbocycles. The van der Waals surface area contributed by atoms with Gasteiger partial charge in [-0.15, -0.1) is 17.9 Å². The summed E-state index contributed by atoms with van der Waals surface area (Å²) in [7, 11) is 0. The molecule has 1 N–H and O–H groups in total. The van der Waals surface area contributed by atoms with Crippen LogP contribution in [0.5, 0.6) is 0 Å². The third kappa shape index (κ3) is 4.65. The Balaban J connectivity index is 1.41. The Morgan fingerprint density at radius 1 is 1.23 bits per heavy atom. The SMILES string of the molecule is C=CCC1CC(=O)N(Cc2cc3nccc(-c4cc(Cl)cc5ccn(CC6(C#N)CCNCC6)c45)c3s2)C1=O. The van der Waals surface area contributed by atoms with Crippen LogP contribution in [-0.2, 0) is 22.7 Å². The van der Waals surface area contributed by atoms with Gasteiger partial charge in [0.2, 0.25) is 11.8 Å². The molecule has 39 heavy (non-hydrogen) atoms. The summed E-state index contributed by atoms with van der Waals surface area (Å²) in [5.41, 5.74) is 3.39. The minimum atomic E-state index is -0.421. The van der Waals surface area contributed by atoms with Crippen molar-refractivity contribution >= 4 is 55.9 Å². The number of nitrogens with zero attached hydrogens (tertiary/aromatic N) is 4. The number of carbonyl (C=O) groups is 2. The first-order chi connectivity index (χ1) is 18.9. The van der Waals surface area contributed by atoms with Crippen molar-refractivity contribution in [3.05, 3.63) is 65.3 Å². The van der Waals surface area contributed by atoms with Crippen molar-refractivity contribution in [2.75, 3.05) is 13.1 Å². The van der Waals surface area contributed by atoms with Crippen molar-refractivity contribution in [3.8, 4) is 17.2 Å². The van der Waals surface area contributed by atoms with Gasteiger partial charge in [-0.05, 0) is 62.7 Å². The number of thiophene rings is 1. The fourth-order valence-corrected chi connectivity index (χ4v) is 7.28. The van der Waals surface area contributed by atoms with E-state index in [1.807, 2.05) is 30.5 Å². The van der Waals surface area contributed by atoms with E-state index in [-0.39, 0.29) is 30.7 Å². The van der Waals surface area contributed by atoms with Crippen molar-refractivity contribution in [3.63, 3.8) is 0 Å². The maximum absolute atomic E-state index is 12.8. The van der Waals surface area contributed by atoms with Crippen molar-refractivity contribution in [2.45, 2.75) is 38.8 Å². The molecule has 2 aliphatic heterocycles. The topological polar surface area (TPSA) is 91.0 Å². The van der Waals surface area contributed by atoms with E-state index in [2.05, 4.69) is 33.6 Å². The van der Waals surface area contributed by atoms with E-state index in [0.717, 1.165) is 63.1 Å². The first-order valence-corrected chi connectivity index (χ1v) is 14.3. The zero-order valence-corrected chi connectivity index (χ0v) is 23.0. The summed E-state index contributed by atoms with van der Waals surface area (Å²) in [6.45, 7) is 6.24. The van der Waals surface area contributed by atoms with Crippen LogP contribution in [0, 0.1) is 22.7 Å². The average Bonchev–Trinajstić information content (AvgIpc) is 3.61. The summed E-state index contributed by atoms with van der Waals surface area (Å²) in [6.07, 6.45) is 7.88. The molecule has 9 heteroatoms. The molecule has 198 valence electrons. The van der Waals surface area contributed by atoms with Gasteiger partial charge in [0.05, 0.1) is 39.7 Å². The molecule has 0 radical (unpaired) electrons. The molecule has 1 aromatic carbocycles. The lowest BCUT2D eigenvalue weighted by Crippen LogP contribution is -2.38. The van der Waals surface area contributed by atoms with Gasteiger partial charge in [-0.3, -0.25) is 19.5 Å². The number of imide groups is 1. The highest BCUT2D eigenvalue weighted by molar-refractivity contribution is 7.19. The third-order valence-corrected chi connectivity index (χ3v) is 9.31. The number of allylic oxidation sites excluding steroid dienone is 1. The molecule has 0 spiro atoms. The van der Waals surface area contributed by atoms with Crippen LogP contribution in [0.4, 0.5) is 0 Å². The first-order valence-electron chi connectivity index (χ1n) is 13.1. The van der Waals surface area contributed by atoms with E-state index >= 15 is 0 Å². The fraction of sp³-hybridized carbons (Fsp3) is 0.333. The molecule has 2 amide bonds. The van der Waals surface area contributed by atoms with Gasteiger partial charge in [0.25, 0.3) is 0 Å². The minimum Gasteiger partial charge on any atom is -0.345 e. The number of hydrogen-bond donors (Lipinski definition) is 1. The normalized spacial score (nSPS) is 19.2. The van der Waals surface area contributed by atoms with Crippen molar-refractivity contribution < 1.29 is 9.59 Å². The van der Waals surface area contributed by atoms with Crippen molar-refractivity contribution in [1.29, 1.82) is 5.26 Å². The van der Waals surface area contributed by atoms with E-state index in [0.29, 0.717) is 18.0 Å². The summed E-state index contributed by atoms with van der Waals surface area (Å²) >= 11 is 8.14. The van der Waals surface area contributed by atoms with Crippen LogP contribution in [0.1, 0.15) is 30.6 Å². The predicted octanol–water partition coefficient (Wildman–Crippen LogP) is 5.92. The summed E-state index contributed by atoms with van der Waals surface area (Å²) < 4.78 is 3.17. The molecular weight excluding hydrogens is 530 g/mol. The highest BCUT2D eigenvalue weighted by Gasteiger charge is 2.38. The Bertz CT molecular complexity index is 1660. The number of aromatic nitrogens is 2. The van der Waals surface area contributed by atoms with Crippen LogP contribution in [-0.4, -0.2) is 39.4 Å². The second kappa shape index (κ2) is 10.2. The summed E-state index contributed by atoms with van der Waals surface area (Å²) in [6, 6.07) is 12.6. The zero-order valence-electron chi connectivity index (χ0n) is 21.5. The number of fused-ring (bicyclic) bond motifs is 2. The highest BCUT2D eigenvalue weighted by Crippen LogP contribution is 2.41. The number of halogens is 1. The number of nitriles is 1. The number of piperidine rings is 1. The van der Waals surface area contributed by atoms with Gasteiger partial charge in [-0.25, -0.2) is 0 Å². The number of hydrogen-bond acceptors (Lipinski definition) is 6. The fourth-order valence-electron chi connectivity index (χ4n) is 5.92. The van der Waals surface area contributed by atoms with Crippen LogP contribution in [0.25, 0.3) is 32.2 Å². The van der Waals surface area contributed by atoms with Gasteiger partial charge < -0.3 is 9.88 Å². The Morgan fingerprint density at radius 3 is 2.82 bits per heavy atom. The van der Waals surface area contributed by atoms with E-state index in [9.17, 15) is 14.9 Å². The minimum absolute atomic E-state index is 0.135. The van der Waals surface area contributed by atoms with E-state index < -0.39 is 5.41 Å². The largest absolute Gasteiger partial charge is 0.345 e. The van der Waals surface area contributed by atoms with Gasteiger partial charge in [0.15, 0.2) is 0 Å². The molecule has 5 heterocycles. The number of likely N-dealkylation sites (tertiary alicyclic amines) is 1. The quantitative estimate of drug-likeness (QED) is 0.225. The maximum atomic E-state index is 12.8. The molecule has 1 atom stereocenters. The lowest BCUT2D eigenvalue weighted by Gasteiger charge is -2.32. The standard InChI is InChI=1S/C30H28ClN5O2S/c1-2-3-20-13-26(37)36(29(20)38)16-22-15-25-28(39-22)23(4-8-34-25)24-14-21(31)12-19-5-11-35(27(19)24)18-30(17-32)6-9-33-10-7-30/h2,4-5,8,11-12,14-15,20,33H,1,3,6-7,9-10,13,16,18H2. The monoisotopic (exact) mass is 557 g/mol. The Morgan fingerprint density at radius 2 is 2.05 bits per heavy atom. The number of benzene rings is 1. The third-order valence-electron chi connectivity index (χ3n) is 7.95. The number of nitrogens with one attached hydrogen (secondary N) is 1. The lowest BCUT2D eigenvalue weighted by atomic mass is 9.80. The van der Waals surface area contributed by atoms with Crippen molar-refractivity contribution in [1.82, 2.24) is 19.8 Å². The lowest BCUT2D eigenvalue weighted by molar-refractivity contribution is -0.139. The average molecular weight is 558 g/mol. The molecule has 1 unspecified atom stereocenters. The first kappa shape index (κ1) is 25.8. The smallest absolute Gasteiger partial charge is 0.233 e. The Kier molecular flexibility index (Phi) is 6.76. The molecule has 2 saturated heterocycles. The van der Waals surface area contributed by atoms with Gasteiger partial charge in [-0.2, -0.15) is 5.26 Å². The van der Waals surface area contributed by atoms with Crippen LogP contribution in [0.15, 0.2) is 55.4 Å². The molecule has 4 aromatic rings. The van der Waals surface area contributed by atoms with Crippen LogP contribution >= 0.6 is 22.9 Å². The van der Waals surface area contributed by atoms with Crippen LogP contribution in [0.2, 0.25) is 5.02 Å². The van der Waals surface area contributed by atoms with E-state index in [1.165, 1.54) is 4.90 Å². The second-order valence-electron chi connectivity index (χ2n) is 10.5. The summed E-state index contributed by atoms with van der Waals surface area (Å²) in [4.78, 5) is 32.3. The second-order valence-corrected chi connectivity index (χ2v) is 12.1. The molecule has 0 bridgehead atoms.